The summed E-state index contributed by atoms with van der Waals surface area (Å²) >= 11 is 0. The molecule has 0 amide bonds. The Bertz CT molecular complexity index is 653. The average Bonchev–Trinajstić information content (AvgIpc) is 2.54. The molecule has 2 nitrogen and oxygen atoms in total. The molecule has 1 aliphatic rings. The van der Waals surface area contributed by atoms with Crippen molar-refractivity contribution in [2.24, 2.45) is 0 Å². The number of hydrogen-bond acceptors (Lipinski definition) is 2. The van der Waals surface area contributed by atoms with Crippen LogP contribution in [0.2, 0.25) is 0 Å². The number of alkyl halides is 6. The first-order valence-electron chi connectivity index (χ1n) is 8.12. The number of halogens is 7. The highest BCUT2D eigenvalue weighted by Crippen LogP contribution is 2.38. The molecule has 0 saturated carbocycles. The van der Waals surface area contributed by atoms with Crippen molar-refractivity contribution in [1.82, 2.24) is 5.32 Å². The molecule has 0 saturated heterocycles. The molecule has 9 heteroatoms. The lowest BCUT2D eigenvalue weighted by molar-refractivity contribution is -0.143. The number of hydrogen-bond donors (Lipinski definition) is 1. The molecule has 0 spiro atoms. The monoisotopic (exact) mass is 417 g/mol. The molecular formula is C18H22ClF6NO. The maximum atomic E-state index is 12.9. The Hall–Kier alpha value is -1.25. The van der Waals surface area contributed by atoms with Crippen LogP contribution in [0.5, 0.6) is 0 Å². The fourth-order valence-electron chi connectivity index (χ4n) is 2.63. The topological polar surface area (TPSA) is 21.3 Å². The van der Waals surface area contributed by atoms with Gasteiger partial charge >= 0.3 is 12.4 Å². The predicted molar refractivity (Wildman–Crippen MR) is 92.8 cm³/mol. The quantitative estimate of drug-likeness (QED) is 0.485. The molecule has 2 rings (SSSR count). The summed E-state index contributed by atoms with van der Waals surface area (Å²) in [6, 6.07) is 1.54. The normalized spacial score (nSPS) is 22.0. The second-order valence-corrected chi connectivity index (χ2v) is 6.96. The van der Waals surface area contributed by atoms with Crippen LogP contribution in [0, 0.1) is 0 Å². The molecule has 1 heterocycles. The van der Waals surface area contributed by atoms with Gasteiger partial charge in [0.1, 0.15) is 0 Å². The molecule has 1 aliphatic heterocycles. The van der Waals surface area contributed by atoms with Crippen molar-refractivity contribution in [3.63, 3.8) is 0 Å². The lowest BCUT2D eigenvalue weighted by atomic mass is 9.93. The van der Waals surface area contributed by atoms with Gasteiger partial charge in [-0.1, -0.05) is 11.6 Å². The Morgan fingerprint density at radius 3 is 2.00 bits per heavy atom. The molecule has 0 radical (unpaired) electrons. The molecule has 0 fully saturated rings. The van der Waals surface area contributed by atoms with Crippen LogP contribution in [0.1, 0.15) is 50.0 Å². The van der Waals surface area contributed by atoms with Gasteiger partial charge in [-0.25, -0.2) is 0 Å². The number of ether oxygens (including phenoxy) is 1. The lowest BCUT2D eigenvalue weighted by Crippen LogP contribution is -2.49. The SMILES string of the molecule is CC1=CC[C@](C)(CO[C@H](C)c2cc(C(F)(F)F)cc(C(F)(F)F)c2)NC1.Cl. The van der Waals surface area contributed by atoms with Crippen LogP contribution < -0.4 is 5.32 Å². The van der Waals surface area contributed by atoms with E-state index in [-0.39, 0.29) is 30.6 Å². The van der Waals surface area contributed by atoms with Gasteiger partial charge < -0.3 is 10.1 Å². The van der Waals surface area contributed by atoms with Gasteiger partial charge in [-0.3, -0.25) is 0 Å². The Morgan fingerprint density at radius 1 is 1.07 bits per heavy atom. The minimum atomic E-state index is -4.87. The Labute approximate surface area is 160 Å². The standard InChI is InChI=1S/C18H21F6NO.ClH/c1-11-4-5-16(3,25-9-11)10-26-12(2)13-6-14(17(19,20)21)8-15(7-13)18(22,23)24;/h4,6-8,12,25H,5,9-10H2,1-3H3;1H/t12-,16-;/m1./s1. The summed E-state index contributed by atoms with van der Waals surface area (Å²) in [6.07, 6.45) is -7.94. The van der Waals surface area contributed by atoms with E-state index in [4.69, 9.17) is 4.74 Å². The zero-order chi connectivity index (χ0) is 19.8. The van der Waals surface area contributed by atoms with E-state index in [9.17, 15) is 26.3 Å². The zero-order valence-corrected chi connectivity index (χ0v) is 15.9. The van der Waals surface area contributed by atoms with E-state index >= 15 is 0 Å². The molecule has 0 unspecified atom stereocenters. The second-order valence-electron chi connectivity index (χ2n) is 6.96. The van der Waals surface area contributed by atoms with Crippen LogP contribution in [0.3, 0.4) is 0 Å². The number of nitrogens with one attached hydrogen (secondary N) is 1. The van der Waals surface area contributed by atoms with Gasteiger partial charge in [0, 0.05) is 12.1 Å². The van der Waals surface area contributed by atoms with E-state index in [1.165, 1.54) is 12.5 Å². The molecular weight excluding hydrogens is 396 g/mol. The Kier molecular flexibility index (Phi) is 7.41. The fraction of sp³-hybridized carbons (Fsp3) is 0.556. The summed E-state index contributed by atoms with van der Waals surface area (Å²) in [5.41, 5.74) is -2.07. The third-order valence-corrected chi connectivity index (χ3v) is 4.43. The first-order valence-corrected chi connectivity index (χ1v) is 8.12. The fourth-order valence-corrected chi connectivity index (χ4v) is 2.63. The summed E-state index contributed by atoms with van der Waals surface area (Å²) in [5, 5.41) is 3.27. The maximum absolute atomic E-state index is 12.9. The molecule has 154 valence electrons. The second kappa shape index (κ2) is 8.41. The van der Waals surface area contributed by atoms with Crippen molar-refractivity contribution >= 4 is 12.4 Å². The summed E-state index contributed by atoms with van der Waals surface area (Å²) in [5.74, 6) is 0. The smallest absolute Gasteiger partial charge is 0.372 e. The third kappa shape index (κ3) is 6.40. The number of benzene rings is 1. The average molecular weight is 418 g/mol. The summed E-state index contributed by atoms with van der Waals surface area (Å²) in [6.45, 7) is 6.14. The Morgan fingerprint density at radius 2 is 1.59 bits per heavy atom. The van der Waals surface area contributed by atoms with Crippen molar-refractivity contribution in [3.8, 4) is 0 Å². The summed E-state index contributed by atoms with van der Waals surface area (Å²) in [7, 11) is 0. The van der Waals surface area contributed by atoms with Crippen molar-refractivity contribution < 1.29 is 31.1 Å². The molecule has 2 atom stereocenters. The minimum Gasteiger partial charge on any atom is -0.372 e. The van der Waals surface area contributed by atoms with Crippen LogP contribution in [-0.4, -0.2) is 18.7 Å². The van der Waals surface area contributed by atoms with Gasteiger partial charge in [0.15, 0.2) is 0 Å². The van der Waals surface area contributed by atoms with Gasteiger partial charge in [0.2, 0.25) is 0 Å². The van der Waals surface area contributed by atoms with Crippen LogP contribution in [0.25, 0.3) is 0 Å². The van der Waals surface area contributed by atoms with Crippen molar-refractivity contribution in [3.05, 3.63) is 46.5 Å². The molecule has 27 heavy (non-hydrogen) atoms. The van der Waals surface area contributed by atoms with E-state index in [0.717, 1.165) is 0 Å². The lowest BCUT2D eigenvalue weighted by Gasteiger charge is -2.34. The van der Waals surface area contributed by atoms with E-state index in [2.05, 4.69) is 5.32 Å². The largest absolute Gasteiger partial charge is 0.416 e. The van der Waals surface area contributed by atoms with Gasteiger partial charge in [-0.05, 0) is 51.0 Å². The first-order chi connectivity index (χ1) is 11.8. The van der Waals surface area contributed by atoms with Crippen LogP contribution in [0.15, 0.2) is 29.8 Å². The number of rotatable bonds is 4. The van der Waals surface area contributed by atoms with Crippen LogP contribution in [-0.2, 0) is 17.1 Å². The van der Waals surface area contributed by atoms with Gasteiger partial charge in [-0.15, -0.1) is 12.4 Å². The van der Waals surface area contributed by atoms with E-state index in [0.29, 0.717) is 25.1 Å². The highest BCUT2D eigenvalue weighted by Gasteiger charge is 2.37. The minimum absolute atomic E-state index is 0. The van der Waals surface area contributed by atoms with Gasteiger partial charge in [0.25, 0.3) is 0 Å². The van der Waals surface area contributed by atoms with Crippen LogP contribution in [0.4, 0.5) is 26.3 Å². The van der Waals surface area contributed by atoms with E-state index in [1.54, 1.807) is 0 Å². The predicted octanol–water partition coefficient (Wildman–Crippen LogP) is 5.92. The van der Waals surface area contributed by atoms with Crippen LogP contribution >= 0.6 is 12.4 Å². The zero-order valence-electron chi connectivity index (χ0n) is 15.1. The van der Waals surface area contributed by atoms with Gasteiger partial charge in [0.05, 0.1) is 23.8 Å². The molecule has 1 N–H and O–H groups in total. The van der Waals surface area contributed by atoms with Crippen molar-refractivity contribution in [1.29, 1.82) is 0 Å². The van der Waals surface area contributed by atoms with E-state index in [1.807, 2.05) is 19.9 Å². The van der Waals surface area contributed by atoms with Crippen molar-refractivity contribution in [2.45, 2.75) is 51.2 Å². The van der Waals surface area contributed by atoms with E-state index < -0.39 is 35.1 Å². The van der Waals surface area contributed by atoms with Crippen molar-refractivity contribution in [2.75, 3.05) is 13.2 Å². The molecule has 0 aromatic heterocycles. The third-order valence-electron chi connectivity index (χ3n) is 4.43. The summed E-state index contributed by atoms with van der Waals surface area (Å²) < 4.78 is 83.3. The Balaban J connectivity index is 0.00000364. The molecule has 0 aliphatic carbocycles. The first kappa shape index (κ1) is 23.8. The summed E-state index contributed by atoms with van der Waals surface area (Å²) in [4.78, 5) is 0. The molecule has 1 aromatic carbocycles. The van der Waals surface area contributed by atoms with Gasteiger partial charge in [-0.2, -0.15) is 26.3 Å². The molecule has 1 aromatic rings. The highest BCUT2D eigenvalue weighted by atomic mass is 35.5. The highest BCUT2D eigenvalue weighted by molar-refractivity contribution is 5.85. The maximum Gasteiger partial charge on any atom is 0.416 e. The molecule has 0 bridgehead atoms.